The van der Waals surface area contributed by atoms with Gasteiger partial charge in [0.05, 0.1) is 13.5 Å². The first kappa shape index (κ1) is 20.6. The number of methoxy groups -OCH3 is 1. The van der Waals surface area contributed by atoms with Gasteiger partial charge in [0, 0.05) is 30.4 Å². The number of hydrogen-bond acceptors (Lipinski definition) is 6. The molecule has 154 valence electrons. The number of ether oxygens (including phenoxy) is 2. The summed E-state index contributed by atoms with van der Waals surface area (Å²) in [6.07, 6.45) is 5.31. The number of nitrogens with zero attached hydrogens (tertiary/aromatic N) is 1. The fourth-order valence-corrected chi connectivity index (χ4v) is 3.68. The van der Waals surface area contributed by atoms with Crippen LogP contribution in [0.15, 0.2) is 36.5 Å². The van der Waals surface area contributed by atoms with Crippen LogP contribution in [-0.4, -0.2) is 35.2 Å². The summed E-state index contributed by atoms with van der Waals surface area (Å²) in [7, 11) is 1.47. The summed E-state index contributed by atoms with van der Waals surface area (Å²) in [5.74, 6) is 0.278. The van der Waals surface area contributed by atoms with E-state index in [1.54, 1.807) is 24.4 Å². The van der Waals surface area contributed by atoms with Crippen LogP contribution in [0.2, 0.25) is 0 Å². The summed E-state index contributed by atoms with van der Waals surface area (Å²) in [5.41, 5.74) is 2.39. The molecule has 0 saturated heterocycles. The summed E-state index contributed by atoms with van der Waals surface area (Å²) < 4.78 is 10.4. The van der Waals surface area contributed by atoms with Gasteiger partial charge in [-0.05, 0) is 55.5 Å². The number of phenolic OH excluding ortho intramolecular Hbond substituents is 1. The van der Waals surface area contributed by atoms with Crippen LogP contribution in [0.3, 0.4) is 0 Å². The van der Waals surface area contributed by atoms with Crippen molar-refractivity contribution >= 4 is 17.6 Å². The smallest absolute Gasteiger partial charge is 0.302 e. The highest BCUT2D eigenvalue weighted by molar-refractivity contribution is 5.92. The predicted molar refractivity (Wildman–Crippen MR) is 108 cm³/mol. The second kappa shape index (κ2) is 9.41. The lowest BCUT2D eigenvalue weighted by molar-refractivity contribution is -0.147. The minimum atomic E-state index is -0.234. The fraction of sp³-hybridized carbons (Fsp3) is 0.409. The highest BCUT2D eigenvalue weighted by Crippen LogP contribution is 2.34. The standard InChI is InChI=1S/C22H26N2O5/c1-14(25)29-18-6-4-16(5-7-18)19-13-17(9-10-23-19)24-22(27)12-15-3-8-20(26)21(11-15)28-2/h3,8-11,13,16,18,26H,4-7,12H2,1-2H3,(H,23,24,27). The maximum atomic E-state index is 12.4. The molecule has 7 nitrogen and oxygen atoms in total. The molecule has 2 aromatic rings. The van der Waals surface area contributed by atoms with E-state index in [0.717, 1.165) is 36.9 Å². The molecule has 0 spiro atoms. The molecule has 0 radical (unpaired) electrons. The molecule has 0 bridgehead atoms. The van der Waals surface area contributed by atoms with Crippen LogP contribution in [0.25, 0.3) is 0 Å². The van der Waals surface area contributed by atoms with Gasteiger partial charge in [-0.15, -0.1) is 0 Å². The second-order valence-corrected chi connectivity index (χ2v) is 7.28. The highest BCUT2D eigenvalue weighted by atomic mass is 16.5. The summed E-state index contributed by atoms with van der Waals surface area (Å²) in [6, 6.07) is 8.53. The Morgan fingerprint density at radius 3 is 2.62 bits per heavy atom. The zero-order chi connectivity index (χ0) is 20.8. The Labute approximate surface area is 170 Å². The largest absolute Gasteiger partial charge is 0.504 e. The Morgan fingerprint density at radius 2 is 1.93 bits per heavy atom. The summed E-state index contributed by atoms with van der Waals surface area (Å²) in [6.45, 7) is 1.44. The molecule has 0 atom stereocenters. The molecule has 1 aromatic heterocycles. The van der Waals surface area contributed by atoms with Gasteiger partial charge in [-0.1, -0.05) is 6.07 Å². The molecule has 1 aliphatic carbocycles. The van der Waals surface area contributed by atoms with Crippen LogP contribution in [-0.2, 0) is 20.7 Å². The summed E-state index contributed by atoms with van der Waals surface area (Å²) >= 11 is 0. The van der Waals surface area contributed by atoms with Crippen LogP contribution in [0.5, 0.6) is 11.5 Å². The number of amides is 1. The van der Waals surface area contributed by atoms with E-state index >= 15 is 0 Å². The second-order valence-electron chi connectivity index (χ2n) is 7.28. The van der Waals surface area contributed by atoms with Crippen LogP contribution >= 0.6 is 0 Å². The Balaban J connectivity index is 1.58. The zero-order valence-electron chi connectivity index (χ0n) is 16.7. The van der Waals surface area contributed by atoms with Crippen molar-refractivity contribution in [1.82, 2.24) is 4.98 Å². The molecule has 1 amide bonds. The van der Waals surface area contributed by atoms with E-state index in [1.807, 2.05) is 6.07 Å². The molecule has 29 heavy (non-hydrogen) atoms. The number of nitrogens with one attached hydrogen (secondary N) is 1. The zero-order valence-corrected chi connectivity index (χ0v) is 16.7. The summed E-state index contributed by atoms with van der Waals surface area (Å²) in [5, 5.41) is 12.6. The minimum absolute atomic E-state index is 0.00561. The Hall–Kier alpha value is -3.09. The molecule has 1 aliphatic rings. The first-order valence-corrected chi connectivity index (χ1v) is 9.73. The van der Waals surface area contributed by atoms with Crippen LogP contribution in [0.4, 0.5) is 5.69 Å². The number of anilines is 1. The van der Waals surface area contributed by atoms with Crippen LogP contribution in [0.1, 0.15) is 49.8 Å². The van der Waals surface area contributed by atoms with Crippen LogP contribution in [0, 0.1) is 0 Å². The number of rotatable bonds is 6. The van der Waals surface area contributed by atoms with Crippen molar-refractivity contribution in [3.05, 3.63) is 47.8 Å². The topological polar surface area (TPSA) is 97.8 Å². The molecule has 1 saturated carbocycles. The van der Waals surface area contributed by atoms with Crippen LogP contribution < -0.4 is 10.1 Å². The monoisotopic (exact) mass is 398 g/mol. The third-order valence-corrected chi connectivity index (χ3v) is 5.10. The van der Waals surface area contributed by atoms with Crippen molar-refractivity contribution in [2.24, 2.45) is 0 Å². The average Bonchev–Trinajstić information content (AvgIpc) is 2.69. The number of phenols is 1. The molecule has 2 N–H and O–H groups in total. The average molecular weight is 398 g/mol. The maximum absolute atomic E-state index is 12.4. The van der Waals surface area contributed by atoms with Crippen molar-refractivity contribution in [1.29, 1.82) is 0 Å². The fourth-order valence-electron chi connectivity index (χ4n) is 3.68. The molecule has 1 aromatic carbocycles. The number of carbonyl (C=O) groups excluding carboxylic acids is 2. The number of esters is 1. The maximum Gasteiger partial charge on any atom is 0.302 e. The SMILES string of the molecule is COc1cc(CC(=O)Nc2ccnc(C3CCC(OC(C)=O)CC3)c2)ccc1O. The van der Waals surface area contributed by atoms with Gasteiger partial charge in [0.25, 0.3) is 0 Å². The number of carbonyl (C=O) groups is 2. The molecule has 1 fully saturated rings. The molecular weight excluding hydrogens is 372 g/mol. The highest BCUT2D eigenvalue weighted by Gasteiger charge is 2.25. The van der Waals surface area contributed by atoms with Gasteiger partial charge in [0.1, 0.15) is 6.10 Å². The Morgan fingerprint density at radius 1 is 1.17 bits per heavy atom. The van der Waals surface area contributed by atoms with E-state index in [4.69, 9.17) is 9.47 Å². The molecule has 3 rings (SSSR count). The van der Waals surface area contributed by atoms with Gasteiger partial charge in [-0.3, -0.25) is 14.6 Å². The van der Waals surface area contributed by atoms with Crippen molar-refractivity contribution in [2.45, 2.75) is 51.0 Å². The lowest BCUT2D eigenvalue weighted by Gasteiger charge is -2.27. The van der Waals surface area contributed by atoms with Crippen molar-refractivity contribution in [3.63, 3.8) is 0 Å². The number of hydrogen-bond donors (Lipinski definition) is 2. The predicted octanol–water partition coefficient (Wildman–Crippen LogP) is 3.57. The first-order chi connectivity index (χ1) is 13.9. The normalized spacial score (nSPS) is 18.7. The van der Waals surface area contributed by atoms with Gasteiger partial charge in [0.2, 0.25) is 5.91 Å². The van der Waals surface area contributed by atoms with Gasteiger partial charge >= 0.3 is 5.97 Å². The number of pyridine rings is 1. The van der Waals surface area contributed by atoms with Gasteiger partial charge in [-0.2, -0.15) is 0 Å². The Bertz CT molecular complexity index is 875. The lowest BCUT2D eigenvalue weighted by Crippen LogP contribution is -2.23. The number of aromatic hydroxyl groups is 1. The molecular formula is C22H26N2O5. The van der Waals surface area contributed by atoms with E-state index in [1.165, 1.54) is 20.1 Å². The van der Waals surface area contributed by atoms with E-state index in [0.29, 0.717) is 17.4 Å². The van der Waals surface area contributed by atoms with E-state index in [2.05, 4.69) is 10.3 Å². The quantitative estimate of drug-likeness (QED) is 0.722. The third-order valence-electron chi connectivity index (χ3n) is 5.10. The van der Waals surface area contributed by atoms with Crippen molar-refractivity contribution in [2.75, 3.05) is 12.4 Å². The minimum Gasteiger partial charge on any atom is -0.504 e. The number of aromatic nitrogens is 1. The molecule has 7 heteroatoms. The number of benzene rings is 1. The van der Waals surface area contributed by atoms with Gasteiger partial charge < -0.3 is 19.9 Å². The van der Waals surface area contributed by atoms with Crippen molar-refractivity contribution < 1.29 is 24.2 Å². The van der Waals surface area contributed by atoms with E-state index < -0.39 is 0 Å². The van der Waals surface area contributed by atoms with Gasteiger partial charge in [0.15, 0.2) is 11.5 Å². The molecule has 1 heterocycles. The van der Waals surface area contributed by atoms with E-state index in [-0.39, 0.29) is 30.2 Å². The molecule has 0 aliphatic heterocycles. The first-order valence-electron chi connectivity index (χ1n) is 9.73. The van der Waals surface area contributed by atoms with E-state index in [9.17, 15) is 14.7 Å². The van der Waals surface area contributed by atoms with Gasteiger partial charge in [-0.25, -0.2) is 0 Å². The Kier molecular flexibility index (Phi) is 6.69. The lowest BCUT2D eigenvalue weighted by atomic mass is 9.85. The third kappa shape index (κ3) is 5.70. The van der Waals surface area contributed by atoms with Crippen molar-refractivity contribution in [3.8, 4) is 11.5 Å². The summed E-state index contributed by atoms with van der Waals surface area (Å²) in [4.78, 5) is 28.0. The molecule has 0 unspecified atom stereocenters.